The quantitative estimate of drug-likeness (QED) is 0.330. The normalized spacial score (nSPS) is 22.9. The average Bonchev–Trinajstić information content (AvgIpc) is 1.62. The van der Waals surface area contributed by atoms with Crippen molar-refractivity contribution in [2.45, 2.75) is 19.3 Å². The van der Waals surface area contributed by atoms with Gasteiger partial charge in [0.05, 0.1) is 0 Å². The molecule has 3 heteroatoms. The van der Waals surface area contributed by atoms with Crippen LogP contribution in [0, 0.1) is 5.92 Å². The summed E-state index contributed by atoms with van der Waals surface area (Å²) in [5.41, 5.74) is 0. The fourth-order valence-corrected chi connectivity index (χ4v) is 0.946. The van der Waals surface area contributed by atoms with Crippen LogP contribution >= 0.6 is 11.6 Å². The first-order valence-corrected chi connectivity index (χ1v) is 3.10. The lowest BCUT2D eigenvalue weighted by Gasteiger charge is -2.22. The van der Waals surface area contributed by atoms with Gasteiger partial charge in [-0.05, 0) is 12.8 Å². The van der Waals surface area contributed by atoms with Gasteiger partial charge in [0.25, 0.3) is 0 Å². The Hall–Kier alpha value is -0.240. The molecule has 0 aromatic heterocycles. The van der Waals surface area contributed by atoms with Crippen LogP contribution < -0.4 is 0 Å². The van der Waals surface area contributed by atoms with Gasteiger partial charge in [0.2, 0.25) is 0 Å². The highest BCUT2D eigenvalue weighted by atomic mass is 35.5. The van der Waals surface area contributed by atoms with Crippen molar-refractivity contribution in [3.8, 4) is 0 Å². The molecule has 0 spiro atoms. The van der Waals surface area contributed by atoms with Crippen LogP contribution in [0.25, 0.3) is 0 Å². The summed E-state index contributed by atoms with van der Waals surface area (Å²) < 4.78 is 0. The minimum Gasteiger partial charge on any atom is -0.410 e. The molecule has 1 saturated carbocycles. The molecular formula is C5H8ClNO. The van der Waals surface area contributed by atoms with Crippen LogP contribution in [-0.4, -0.2) is 10.4 Å². The molecule has 0 aromatic carbocycles. The highest BCUT2D eigenvalue weighted by Crippen LogP contribution is 2.28. The van der Waals surface area contributed by atoms with E-state index in [4.69, 9.17) is 16.8 Å². The molecule has 0 heterocycles. The highest BCUT2D eigenvalue weighted by Gasteiger charge is 2.21. The van der Waals surface area contributed by atoms with Gasteiger partial charge in [-0.2, -0.15) is 0 Å². The molecule has 8 heavy (non-hydrogen) atoms. The van der Waals surface area contributed by atoms with Crippen molar-refractivity contribution in [1.82, 2.24) is 0 Å². The van der Waals surface area contributed by atoms with E-state index in [1.54, 1.807) is 0 Å². The summed E-state index contributed by atoms with van der Waals surface area (Å²) in [6, 6.07) is 0. The maximum Gasteiger partial charge on any atom is 0.148 e. The highest BCUT2D eigenvalue weighted by molar-refractivity contribution is 6.65. The second kappa shape index (κ2) is 2.35. The molecule has 2 nitrogen and oxygen atoms in total. The van der Waals surface area contributed by atoms with Crippen molar-refractivity contribution in [2.24, 2.45) is 11.1 Å². The predicted octanol–water partition coefficient (Wildman–Crippen LogP) is 1.81. The Morgan fingerprint density at radius 2 is 2.25 bits per heavy atom. The zero-order chi connectivity index (χ0) is 5.98. The Balaban J connectivity index is 2.34. The van der Waals surface area contributed by atoms with Gasteiger partial charge in [0, 0.05) is 5.92 Å². The lowest BCUT2D eigenvalue weighted by molar-refractivity contribution is 0.308. The van der Waals surface area contributed by atoms with E-state index in [1.807, 2.05) is 0 Å². The zero-order valence-corrected chi connectivity index (χ0v) is 5.23. The maximum atomic E-state index is 8.13. The number of oxime groups is 1. The third-order valence-corrected chi connectivity index (χ3v) is 1.92. The topological polar surface area (TPSA) is 32.6 Å². The number of nitrogens with zero attached hydrogens (tertiary/aromatic N) is 1. The molecule has 1 fully saturated rings. The van der Waals surface area contributed by atoms with Crippen LogP contribution in [0.5, 0.6) is 0 Å². The first kappa shape index (κ1) is 5.89. The van der Waals surface area contributed by atoms with Crippen molar-refractivity contribution >= 4 is 16.8 Å². The van der Waals surface area contributed by atoms with Crippen LogP contribution in [0.15, 0.2) is 5.16 Å². The van der Waals surface area contributed by atoms with E-state index in [9.17, 15) is 0 Å². The van der Waals surface area contributed by atoms with Gasteiger partial charge in [-0.15, -0.1) is 0 Å². The van der Waals surface area contributed by atoms with E-state index in [-0.39, 0.29) is 0 Å². The molecule has 0 radical (unpaired) electrons. The fraction of sp³-hybridized carbons (Fsp3) is 0.800. The molecule has 0 amide bonds. The third kappa shape index (κ3) is 0.944. The molecule has 0 atom stereocenters. The second-order valence-electron chi connectivity index (χ2n) is 2.05. The molecule has 1 N–H and O–H groups in total. The van der Waals surface area contributed by atoms with Crippen LogP contribution in [0.3, 0.4) is 0 Å². The van der Waals surface area contributed by atoms with Crippen LogP contribution in [-0.2, 0) is 0 Å². The van der Waals surface area contributed by atoms with Gasteiger partial charge in [0.1, 0.15) is 5.17 Å². The van der Waals surface area contributed by atoms with Gasteiger partial charge < -0.3 is 5.21 Å². The van der Waals surface area contributed by atoms with Crippen molar-refractivity contribution in [3.05, 3.63) is 0 Å². The smallest absolute Gasteiger partial charge is 0.148 e. The third-order valence-electron chi connectivity index (χ3n) is 1.54. The molecule has 0 saturated heterocycles. The van der Waals surface area contributed by atoms with E-state index in [0.717, 1.165) is 12.8 Å². The molecule has 0 aliphatic heterocycles. The second-order valence-corrected chi connectivity index (χ2v) is 2.44. The Morgan fingerprint density at radius 3 is 2.38 bits per heavy atom. The van der Waals surface area contributed by atoms with Gasteiger partial charge in [-0.1, -0.05) is 23.2 Å². The van der Waals surface area contributed by atoms with Crippen molar-refractivity contribution < 1.29 is 5.21 Å². The monoisotopic (exact) mass is 133 g/mol. The van der Waals surface area contributed by atoms with Crippen LogP contribution in [0.1, 0.15) is 19.3 Å². The van der Waals surface area contributed by atoms with Gasteiger partial charge in [0.15, 0.2) is 0 Å². The fourth-order valence-electron chi connectivity index (χ4n) is 0.728. The van der Waals surface area contributed by atoms with E-state index in [1.165, 1.54) is 6.42 Å². The standard InChI is InChI=1S/C5H8ClNO/c6-5(7-8)4-2-1-3-4/h4,8H,1-3H2/b7-5-. The van der Waals surface area contributed by atoms with E-state index in [0.29, 0.717) is 11.1 Å². The Morgan fingerprint density at radius 1 is 1.62 bits per heavy atom. The predicted molar refractivity (Wildman–Crippen MR) is 32.4 cm³/mol. The SMILES string of the molecule is O/N=C(\Cl)C1CCC1. The number of hydrogen-bond acceptors (Lipinski definition) is 2. The van der Waals surface area contributed by atoms with Crippen molar-refractivity contribution in [3.63, 3.8) is 0 Å². The molecule has 0 aromatic rings. The lowest BCUT2D eigenvalue weighted by Crippen LogP contribution is -2.17. The maximum absolute atomic E-state index is 8.13. The Labute approximate surface area is 53.1 Å². The van der Waals surface area contributed by atoms with Crippen LogP contribution in [0.2, 0.25) is 0 Å². The summed E-state index contributed by atoms with van der Waals surface area (Å²) in [5.74, 6) is 0.363. The minimum atomic E-state index is 0.363. The molecule has 0 bridgehead atoms. The van der Waals surface area contributed by atoms with Gasteiger partial charge in [-0.3, -0.25) is 0 Å². The number of halogens is 1. The average molecular weight is 134 g/mol. The molecular weight excluding hydrogens is 126 g/mol. The first-order valence-electron chi connectivity index (χ1n) is 2.72. The summed E-state index contributed by atoms with van der Waals surface area (Å²) in [6.07, 6.45) is 3.39. The molecule has 46 valence electrons. The van der Waals surface area contributed by atoms with E-state index < -0.39 is 0 Å². The van der Waals surface area contributed by atoms with E-state index >= 15 is 0 Å². The van der Waals surface area contributed by atoms with Crippen LogP contribution in [0.4, 0.5) is 0 Å². The van der Waals surface area contributed by atoms with Gasteiger partial charge in [-0.25, -0.2) is 0 Å². The summed E-state index contributed by atoms with van der Waals surface area (Å²) in [4.78, 5) is 0. The Bertz CT molecular complexity index is 109. The van der Waals surface area contributed by atoms with Crippen molar-refractivity contribution in [2.75, 3.05) is 0 Å². The molecule has 1 rings (SSSR count). The summed E-state index contributed by atoms with van der Waals surface area (Å²) in [7, 11) is 0. The lowest BCUT2D eigenvalue weighted by atomic mass is 9.86. The minimum absolute atomic E-state index is 0.363. The molecule has 1 aliphatic rings. The zero-order valence-electron chi connectivity index (χ0n) is 4.47. The summed E-state index contributed by atoms with van der Waals surface area (Å²) in [6.45, 7) is 0. The Kier molecular flexibility index (Phi) is 1.73. The molecule has 0 unspecified atom stereocenters. The summed E-state index contributed by atoms with van der Waals surface area (Å²) >= 11 is 5.47. The number of hydrogen-bond donors (Lipinski definition) is 1. The van der Waals surface area contributed by atoms with E-state index in [2.05, 4.69) is 5.16 Å². The molecule has 1 aliphatic carbocycles. The number of rotatable bonds is 1. The largest absolute Gasteiger partial charge is 0.410 e. The summed E-state index contributed by atoms with van der Waals surface area (Å²) in [5, 5.41) is 11.4. The van der Waals surface area contributed by atoms with Gasteiger partial charge >= 0.3 is 0 Å². The first-order chi connectivity index (χ1) is 3.84. The van der Waals surface area contributed by atoms with Crippen molar-refractivity contribution in [1.29, 1.82) is 0 Å².